The maximum atomic E-state index is 13.0. The van der Waals surface area contributed by atoms with Gasteiger partial charge in [-0.25, -0.2) is 18.6 Å². The number of carboxylic acids is 1. The Balaban J connectivity index is 1.98. The highest BCUT2D eigenvalue weighted by Gasteiger charge is 2.37. The summed E-state index contributed by atoms with van der Waals surface area (Å²) >= 11 is 0. The van der Waals surface area contributed by atoms with Crippen molar-refractivity contribution in [3.05, 3.63) is 23.9 Å². The van der Waals surface area contributed by atoms with Crippen LogP contribution in [0.15, 0.2) is 18.3 Å². The highest BCUT2D eigenvalue weighted by Crippen LogP contribution is 2.36. The van der Waals surface area contributed by atoms with E-state index >= 15 is 0 Å². The second kappa shape index (κ2) is 5.52. The molecule has 1 aromatic heterocycles. The molecule has 1 fully saturated rings. The number of hydrogen-bond acceptors (Lipinski definition) is 3. The summed E-state index contributed by atoms with van der Waals surface area (Å²) in [5.41, 5.74) is 0.00507. The lowest BCUT2D eigenvalue weighted by Gasteiger charge is -2.27. The van der Waals surface area contributed by atoms with Gasteiger partial charge in [0.15, 0.2) is 0 Å². The fraction of sp³-hybridized carbons (Fsp3) is 0.462. The van der Waals surface area contributed by atoms with Crippen molar-refractivity contribution < 1.29 is 23.5 Å². The third-order valence-electron chi connectivity index (χ3n) is 3.35. The van der Waals surface area contributed by atoms with Crippen molar-refractivity contribution in [3.8, 4) is 0 Å². The number of rotatable bonds is 3. The Morgan fingerprint density at radius 2 is 2.00 bits per heavy atom. The van der Waals surface area contributed by atoms with Gasteiger partial charge in [-0.3, -0.25) is 4.79 Å². The average molecular weight is 284 g/mol. The first-order valence-corrected chi connectivity index (χ1v) is 6.25. The number of nitrogens with zero attached hydrogens (tertiary/aromatic N) is 1. The van der Waals surface area contributed by atoms with E-state index < -0.39 is 23.7 Å². The zero-order chi connectivity index (χ0) is 14.8. The molecular weight excluding hydrogens is 270 g/mol. The Hall–Kier alpha value is -2.05. The fourth-order valence-electron chi connectivity index (χ4n) is 2.16. The zero-order valence-corrected chi connectivity index (χ0v) is 10.6. The molecule has 1 aliphatic carbocycles. The topological polar surface area (TPSA) is 79.3 Å². The predicted molar refractivity (Wildman–Crippen MR) is 66.7 cm³/mol. The Kier molecular flexibility index (Phi) is 3.96. The second-order valence-corrected chi connectivity index (χ2v) is 4.85. The van der Waals surface area contributed by atoms with E-state index in [0.717, 1.165) is 0 Å². The summed E-state index contributed by atoms with van der Waals surface area (Å²) in [5, 5.41) is 11.3. The molecule has 0 saturated heterocycles. The molecule has 1 aliphatic rings. The Bertz CT molecular complexity index is 524. The largest absolute Gasteiger partial charge is 0.478 e. The average Bonchev–Trinajstić information content (AvgIpc) is 2.38. The summed E-state index contributed by atoms with van der Waals surface area (Å²) in [7, 11) is 0. The van der Waals surface area contributed by atoms with Crippen molar-refractivity contribution in [2.24, 2.45) is 5.92 Å². The molecule has 20 heavy (non-hydrogen) atoms. The standard InChI is InChI=1S/C13H14F2N2O3/c14-13(15)4-1-8(2-5-13)11(18)17-10-7-9(12(19)20)3-6-16-10/h3,6-8H,1-2,4-5H2,(H,19,20)(H,16,17,18). The van der Waals surface area contributed by atoms with Gasteiger partial charge >= 0.3 is 5.97 Å². The number of alkyl halides is 2. The van der Waals surface area contributed by atoms with Gasteiger partial charge in [0.05, 0.1) is 5.56 Å². The highest BCUT2D eigenvalue weighted by molar-refractivity contribution is 5.94. The van der Waals surface area contributed by atoms with Gasteiger partial charge in [0.1, 0.15) is 5.82 Å². The lowest BCUT2D eigenvalue weighted by Crippen LogP contribution is -2.32. The normalized spacial score (nSPS) is 18.5. The molecule has 108 valence electrons. The number of hydrogen-bond donors (Lipinski definition) is 2. The number of amides is 1. The van der Waals surface area contributed by atoms with E-state index in [1.807, 2.05) is 0 Å². The summed E-state index contributed by atoms with van der Waals surface area (Å²) in [4.78, 5) is 26.5. The van der Waals surface area contributed by atoms with Crippen molar-refractivity contribution in [2.45, 2.75) is 31.6 Å². The summed E-state index contributed by atoms with van der Waals surface area (Å²) in [6.45, 7) is 0. The zero-order valence-electron chi connectivity index (χ0n) is 10.6. The lowest BCUT2D eigenvalue weighted by molar-refractivity contribution is -0.124. The second-order valence-electron chi connectivity index (χ2n) is 4.85. The highest BCUT2D eigenvalue weighted by atomic mass is 19.3. The van der Waals surface area contributed by atoms with Gasteiger partial charge in [0.25, 0.3) is 0 Å². The minimum Gasteiger partial charge on any atom is -0.478 e. The molecule has 0 atom stereocenters. The number of aromatic carboxylic acids is 1. The molecule has 0 radical (unpaired) electrons. The van der Waals surface area contributed by atoms with Crippen LogP contribution in [0, 0.1) is 5.92 Å². The van der Waals surface area contributed by atoms with Crippen LogP contribution in [0.1, 0.15) is 36.0 Å². The number of pyridine rings is 1. The molecule has 1 saturated carbocycles. The molecule has 0 aliphatic heterocycles. The van der Waals surface area contributed by atoms with E-state index in [0.29, 0.717) is 0 Å². The van der Waals surface area contributed by atoms with Crippen LogP contribution in [-0.2, 0) is 4.79 Å². The van der Waals surface area contributed by atoms with E-state index in [1.54, 1.807) is 0 Å². The monoisotopic (exact) mass is 284 g/mol. The quantitative estimate of drug-likeness (QED) is 0.894. The van der Waals surface area contributed by atoms with Crippen LogP contribution in [0.5, 0.6) is 0 Å². The molecule has 7 heteroatoms. The van der Waals surface area contributed by atoms with Crippen molar-refractivity contribution in [2.75, 3.05) is 5.32 Å². The van der Waals surface area contributed by atoms with Crippen molar-refractivity contribution >= 4 is 17.7 Å². The third-order valence-corrected chi connectivity index (χ3v) is 3.35. The maximum Gasteiger partial charge on any atom is 0.335 e. The van der Waals surface area contributed by atoms with E-state index in [1.165, 1.54) is 18.3 Å². The van der Waals surface area contributed by atoms with Crippen molar-refractivity contribution in [1.82, 2.24) is 4.98 Å². The molecule has 0 unspecified atom stereocenters. The first kappa shape index (κ1) is 14.4. The molecule has 5 nitrogen and oxygen atoms in total. The van der Waals surface area contributed by atoms with Gasteiger partial charge in [-0.1, -0.05) is 0 Å². The molecule has 1 amide bonds. The van der Waals surface area contributed by atoms with Crippen molar-refractivity contribution in [1.29, 1.82) is 0 Å². The van der Waals surface area contributed by atoms with Crippen LogP contribution in [-0.4, -0.2) is 27.9 Å². The summed E-state index contributed by atoms with van der Waals surface area (Å²) in [5.74, 6) is -4.56. The lowest BCUT2D eigenvalue weighted by atomic mass is 9.86. The number of carboxylic acid groups (broad SMARTS) is 1. The smallest absolute Gasteiger partial charge is 0.335 e. The van der Waals surface area contributed by atoms with Gasteiger partial charge in [0, 0.05) is 25.0 Å². The van der Waals surface area contributed by atoms with E-state index in [2.05, 4.69) is 10.3 Å². The van der Waals surface area contributed by atoms with Gasteiger partial charge in [-0.05, 0) is 25.0 Å². The first-order valence-electron chi connectivity index (χ1n) is 6.25. The minimum atomic E-state index is -2.68. The van der Waals surface area contributed by atoms with Crippen LogP contribution in [0.4, 0.5) is 14.6 Å². The number of carbonyl (C=O) groups is 2. The minimum absolute atomic E-state index is 0.00507. The molecular formula is C13H14F2N2O3. The maximum absolute atomic E-state index is 13.0. The summed E-state index contributed by atoms with van der Waals surface area (Å²) in [6, 6.07) is 2.54. The number of carbonyl (C=O) groups excluding carboxylic acids is 1. The van der Waals surface area contributed by atoms with Gasteiger partial charge in [0.2, 0.25) is 11.8 Å². The predicted octanol–water partition coefficient (Wildman–Crippen LogP) is 2.54. The van der Waals surface area contributed by atoms with Crippen LogP contribution in [0.25, 0.3) is 0 Å². The Labute approximate surface area is 114 Å². The summed E-state index contributed by atoms with van der Waals surface area (Å²) < 4.78 is 26.0. The van der Waals surface area contributed by atoms with E-state index in [4.69, 9.17) is 5.11 Å². The number of nitrogens with one attached hydrogen (secondary N) is 1. The van der Waals surface area contributed by atoms with E-state index in [-0.39, 0.29) is 37.1 Å². The molecule has 0 bridgehead atoms. The third kappa shape index (κ3) is 3.49. The molecule has 1 aromatic rings. The first-order chi connectivity index (χ1) is 9.37. The number of aromatic nitrogens is 1. The van der Waals surface area contributed by atoms with Gasteiger partial charge < -0.3 is 10.4 Å². The molecule has 1 heterocycles. The SMILES string of the molecule is O=C(O)c1ccnc(NC(=O)C2CCC(F)(F)CC2)c1. The Morgan fingerprint density at radius 3 is 2.60 bits per heavy atom. The van der Waals surface area contributed by atoms with Gasteiger partial charge in [-0.2, -0.15) is 0 Å². The molecule has 2 rings (SSSR count). The molecule has 2 N–H and O–H groups in total. The number of anilines is 1. The summed E-state index contributed by atoms with van der Waals surface area (Å²) in [6.07, 6.45) is 0.921. The Morgan fingerprint density at radius 1 is 1.35 bits per heavy atom. The van der Waals surface area contributed by atoms with Crippen LogP contribution < -0.4 is 5.32 Å². The molecule has 0 spiro atoms. The fourth-order valence-corrected chi connectivity index (χ4v) is 2.16. The van der Waals surface area contributed by atoms with Crippen LogP contribution in [0.3, 0.4) is 0 Å². The van der Waals surface area contributed by atoms with Crippen molar-refractivity contribution in [3.63, 3.8) is 0 Å². The number of halogens is 2. The van der Waals surface area contributed by atoms with E-state index in [9.17, 15) is 18.4 Å². The van der Waals surface area contributed by atoms with Gasteiger partial charge in [-0.15, -0.1) is 0 Å². The van der Waals surface area contributed by atoms with Crippen LogP contribution >= 0.6 is 0 Å². The molecule has 0 aromatic carbocycles. The van der Waals surface area contributed by atoms with Crippen LogP contribution in [0.2, 0.25) is 0 Å².